The normalized spacial score (nSPS) is 17.2. The van der Waals surface area contributed by atoms with E-state index in [-0.39, 0.29) is 22.5 Å². The van der Waals surface area contributed by atoms with Gasteiger partial charge >= 0.3 is 5.97 Å². The maximum Gasteiger partial charge on any atom is 0.335 e. The summed E-state index contributed by atoms with van der Waals surface area (Å²) in [6.07, 6.45) is 5.99. The van der Waals surface area contributed by atoms with Gasteiger partial charge in [-0.25, -0.2) is 4.79 Å². The number of halogens is 1. The van der Waals surface area contributed by atoms with Crippen LogP contribution in [0.1, 0.15) is 79.3 Å². The van der Waals surface area contributed by atoms with Gasteiger partial charge in [-0.3, -0.25) is 0 Å². The molecule has 176 valence electrons. The third kappa shape index (κ3) is 5.20. The summed E-state index contributed by atoms with van der Waals surface area (Å²) in [6.45, 7) is 9.28. The molecule has 0 bridgehead atoms. The van der Waals surface area contributed by atoms with Crippen molar-refractivity contribution in [2.24, 2.45) is 0 Å². The summed E-state index contributed by atoms with van der Waals surface area (Å²) < 4.78 is 6.41. The quantitative estimate of drug-likeness (QED) is 0.391. The van der Waals surface area contributed by atoms with Gasteiger partial charge in [0.05, 0.1) is 5.56 Å². The lowest BCUT2D eigenvalue weighted by atomic mass is 9.63. The van der Waals surface area contributed by atoms with Crippen molar-refractivity contribution in [3.05, 3.63) is 106 Å². The van der Waals surface area contributed by atoms with Crippen molar-refractivity contribution in [3.63, 3.8) is 0 Å². The predicted molar refractivity (Wildman–Crippen MR) is 139 cm³/mol. The Bertz CT molecular complexity index is 1200. The van der Waals surface area contributed by atoms with E-state index < -0.39 is 5.97 Å². The average Bonchev–Trinajstić information content (AvgIpc) is 2.81. The van der Waals surface area contributed by atoms with E-state index >= 15 is 0 Å². The average molecular weight is 475 g/mol. The molecule has 0 aliphatic heterocycles. The molecule has 0 spiro atoms. The van der Waals surface area contributed by atoms with E-state index in [9.17, 15) is 4.79 Å². The van der Waals surface area contributed by atoms with Crippen molar-refractivity contribution in [2.75, 3.05) is 0 Å². The van der Waals surface area contributed by atoms with Gasteiger partial charge in [0.15, 0.2) is 0 Å². The van der Waals surface area contributed by atoms with Gasteiger partial charge in [0.25, 0.3) is 0 Å². The lowest BCUT2D eigenvalue weighted by Gasteiger charge is -2.42. The van der Waals surface area contributed by atoms with Crippen LogP contribution < -0.4 is 4.74 Å². The largest absolute Gasteiger partial charge is 0.482 e. The zero-order chi connectivity index (χ0) is 24.5. The van der Waals surface area contributed by atoms with Gasteiger partial charge in [0.2, 0.25) is 0 Å². The van der Waals surface area contributed by atoms with Crippen LogP contribution in [0, 0.1) is 0 Å². The Morgan fingerprint density at radius 3 is 2.15 bits per heavy atom. The number of fused-ring (bicyclic) bond motifs is 1. The molecule has 3 aromatic carbocycles. The number of hydrogen-bond donors (Lipinski definition) is 1. The number of carboxylic acid groups (broad SMARTS) is 1. The first kappa shape index (κ1) is 24.1. The molecule has 0 fully saturated rings. The molecule has 0 heterocycles. The van der Waals surface area contributed by atoms with Crippen LogP contribution in [-0.2, 0) is 10.8 Å². The zero-order valence-corrected chi connectivity index (χ0v) is 20.9. The van der Waals surface area contributed by atoms with Gasteiger partial charge in [0, 0.05) is 5.02 Å². The second kappa shape index (κ2) is 9.31. The number of hydrogen-bond acceptors (Lipinski definition) is 2. The van der Waals surface area contributed by atoms with Crippen LogP contribution in [0.4, 0.5) is 0 Å². The Kier molecular flexibility index (Phi) is 6.60. The Morgan fingerprint density at radius 2 is 1.53 bits per heavy atom. The van der Waals surface area contributed by atoms with Crippen molar-refractivity contribution < 1.29 is 14.6 Å². The Morgan fingerprint density at radius 1 is 0.912 bits per heavy atom. The highest BCUT2D eigenvalue weighted by molar-refractivity contribution is 6.30. The Balaban J connectivity index is 1.72. The molecule has 0 radical (unpaired) electrons. The fourth-order valence-corrected chi connectivity index (χ4v) is 4.72. The van der Waals surface area contributed by atoms with Gasteiger partial charge in [-0.05, 0) is 88.4 Å². The number of benzene rings is 3. The van der Waals surface area contributed by atoms with Crippen molar-refractivity contribution in [2.45, 2.75) is 57.5 Å². The fourth-order valence-electron chi connectivity index (χ4n) is 4.60. The van der Waals surface area contributed by atoms with Crippen LogP contribution >= 0.6 is 11.6 Å². The summed E-state index contributed by atoms with van der Waals surface area (Å²) in [5, 5.41) is 9.82. The monoisotopic (exact) mass is 474 g/mol. The lowest BCUT2D eigenvalue weighted by Crippen LogP contribution is -2.34. The van der Waals surface area contributed by atoms with Crippen LogP contribution in [0.25, 0.3) is 6.08 Å². The first-order valence-electron chi connectivity index (χ1n) is 11.6. The fraction of sp³-hybridized carbons (Fsp3) is 0.300. The van der Waals surface area contributed by atoms with E-state index in [0.29, 0.717) is 5.02 Å². The number of carboxylic acids is 1. The lowest BCUT2D eigenvalue weighted by molar-refractivity contribution is 0.0697. The van der Waals surface area contributed by atoms with E-state index in [2.05, 4.69) is 45.9 Å². The minimum atomic E-state index is -0.931. The van der Waals surface area contributed by atoms with Gasteiger partial charge in [-0.15, -0.1) is 0 Å². The number of ether oxygens (including phenoxy) is 1. The smallest absolute Gasteiger partial charge is 0.335 e. The summed E-state index contributed by atoms with van der Waals surface area (Å²) in [6, 6.07) is 20.9. The number of carbonyl (C=O) groups is 1. The highest BCUT2D eigenvalue weighted by Gasteiger charge is 2.37. The molecule has 1 aliphatic carbocycles. The van der Waals surface area contributed by atoms with Gasteiger partial charge in [0.1, 0.15) is 11.9 Å². The predicted octanol–water partition coefficient (Wildman–Crippen LogP) is 8.22. The second-order valence-corrected chi connectivity index (χ2v) is 10.8. The third-order valence-electron chi connectivity index (χ3n) is 6.90. The molecule has 34 heavy (non-hydrogen) atoms. The molecule has 0 aromatic heterocycles. The first-order valence-corrected chi connectivity index (χ1v) is 12.0. The zero-order valence-electron chi connectivity index (χ0n) is 20.1. The highest BCUT2D eigenvalue weighted by atomic mass is 35.5. The summed E-state index contributed by atoms with van der Waals surface area (Å²) in [4.78, 5) is 11.2. The topological polar surface area (TPSA) is 46.5 Å². The molecule has 0 saturated heterocycles. The molecule has 0 saturated carbocycles. The maximum absolute atomic E-state index is 11.2. The van der Waals surface area contributed by atoms with E-state index in [1.165, 1.54) is 17.5 Å². The molecule has 1 N–H and O–H groups in total. The van der Waals surface area contributed by atoms with E-state index in [4.69, 9.17) is 21.4 Å². The maximum atomic E-state index is 11.2. The van der Waals surface area contributed by atoms with E-state index in [1.807, 2.05) is 36.4 Å². The molecule has 1 unspecified atom stereocenters. The first-order chi connectivity index (χ1) is 16.0. The van der Waals surface area contributed by atoms with Crippen LogP contribution in [0.2, 0.25) is 5.02 Å². The number of aromatic carboxylic acids is 1. The second-order valence-electron chi connectivity index (χ2n) is 10.4. The molecule has 3 nitrogen and oxygen atoms in total. The molecule has 3 aromatic rings. The van der Waals surface area contributed by atoms with Gasteiger partial charge < -0.3 is 9.84 Å². The summed E-state index contributed by atoms with van der Waals surface area (Å²) in [5.41, 5.74) is 5.30. The van der Waals surface area contributed by atoms with Crippen LogP contribution in [-0.4, -0.2) is 11.1 Å². The highest BCUT2D eigenvalue weighted by Crippen LogP contribution is 2.46. The minimum Gasteiger partial charge on any atom is -0.482 e. The molecule has 0 amide bonds. The molecule has 4 heteroatoms. The van der Waals surface area contributed by atoms with Crippen molar-refractivity contribution in [1.82, 2.24) is 0 Å². The number of rotatable bonds is 6. The summed E-state index contributed by atoms with van der Waals surface area (Å²) in [5.74, 6) is -0.198. The molecular weight excluding hydrogens is 444 g/mol. The Hall–Kier alpha value is -3.04. The van der Waals surface area contributed by atoms with Crippen molar-refractivity contribution >= 4 is 23.6 Å². The van der Waals surface area contributed by atoms with Crippen molar-refractivity contribution in [3.8, 4) is 5.75 Å². The standard InChI is InChI=1S/C30H31ClO3/c1-29(2)17-18-30(3,4)26-19-22(10-15-25(26)29)27(34-24-13-11-23(31)12-14-24)16-7-20-5-8-21(9-6-20)28(32)33/h5-16,19,27H,17-18H2,1-4H3,(H,32,33). The Labute approximate surface area is 207 Å². The molecular formula is C30H31ClO3. The van der Waals surface area contributed by atoms with Crippen molar-refractivity contribution in [1.29, 1.82) is 0 Å². The van der Waals surface area contributed by atoms with Crippen LogP contribution in [0.15, 0.2) is 72.8 Å². The minimum absolute atomic E-state index is 0.0993. The van der Waals surface area contributed by atoms with Gasteiger partial charge in [-0.1, -0.05) is 75.7 Å². The van der Waals surface area contributed by atoms with Crippen LogP contribution in [0.3, 0.4) is 0 Å². The van der Waals surface area contributed by atoms with E-state index in [1.54, 1.807) is 24.3 Å². The molecule has 1 aliphatic rings. The molecule has 1 atom stereocenters. The van der Waals surface area contributed by atoms with Gasteiger partial charge in [-0.2, -0.15) is 0 Å². The third-order valence-corrected chi connectivity index (χ3v) is 7.16. The van der Waals surface area contributed by atoms with E-state index in [0.717, 1.165) is 23.3 Å². The molecule has 4 rings (SSSR count). The summed E-state index contributed by atoms with van der Waals surface area (Å²) in [7, 11) is 0. The van der Waals surface area contributed by atoms with Crippen LogP contribution in [0.5, 0.6) is 5.75 Å². The SMILES string of the molecule is CC1(C)CCC(C)(C)c2cc(C(C=Cc3ccc(C(=O)O)cc3)Oc3ccc(Cl)cc3)ccc21. The summed E-state index contributed by atoms with van der Waals surface area (Å²) >= 11 is 6.07.